The molecule has 22 heavy (non-hydrogen) atoms. The van der Waals surface area contributed by atoms with E-state index in [-0.39, 0.29) is 5.69 Å². The summed E-state index contributed by atoms with van der Waals surface area (Å²) in [6, 6.07) is 10.9. The fourth-order valence-corrected chi connectivity index (χ4v) is 2.03. The number of aromatic carboxylic acids is 1. The molecule has 1 heterocycles. The highest BCUT2D eigenvalue weighted by molar-refractivity contribution is 5.85. The summed E-state index contributed by atoms with van der Waals surface area (Å²) in [5, 5.41) is 15.8. The van der Waals surface area contributed by atoms with Crippen LogP contribution in [0.25, 0.3) is 5.69 Å². The normalized spacial score (nSPS) is 10.2. The molecular weight excluding hydrogens is 286 g/mol. The monoisotopic (exact) mass is 303 g/mol. The number of hydrogen-bond acceptors (Lipinski definition) is 4. The minimum atomic E-state index is -1.07. The number of nitrogens with one attached hydrogen (secondary N) is 1. The van der Waals surface area contributed by atoms with E-state index in [0.29, 0.717) is 19.4 Å². The van der Waals surface area contributed by atoms with Gasteiger partial charge in [-0.15, -0.1) is 0 Å². The van der Waals surface area contributed by atoms with Crippen molar-refractivity contribution in [2.24, 2.45) is 0 Å². The maximum atomic E-state index is 11.1. The number of carbonyl (C=O) groups is 2. The van der Waals surface area contributed by atoms with Gasteiger partial charge in [-0.05, 0) is 31.0 Å². The van der Waals surface area contributed by atoms with Crippen molar-refractivity contribution in [3.63, 3.8) is 0 Å². The molecule has 0 saturated carbocycles. The predicted molar refractivity (Wildman–Crippen MR) is 79.3 cm³/mol. The quantitative estimate of drug-likeness (QED) is 0.794. The third kappa shape index (κ3) is 3.85. The largest absolute Gasteiger partial charge is 0.476 e. The molecule has 2 aromatic rings. The zero-order chi connectivity index (χ0) is 15.9. The summed E-state index contributed by atoms with van der Waals surface area (Å²) in [7, 11) is 1.30. The van der Waals surface area contributed by atoms with E-state index in [1.165, 1.54) is 7.11 Å². The minimum Gasteiger partial charge on any atom is -0.476 e. The fourth-order valence-electron chi connectivity index (χ4n) is 2.03. The molecule has 7 nitrogen and oxygen atoms in total. The molecule has 7 heteroatoms. The fraction of sp³-hybridized carbons (Fsp3) is 0.267. The Balaban J connectivity index is 2.12. The Morgan fingerprint density at radius 3 is 2.68 bits per heavy atom. The van der Waals surface area contributed by atoms with Gasteiger partial charge in [0.1, 0.15) is 0 Å². The van der Waals surface area contributed by atoms with Crippen LogP contribution in [0.2, 0.25) is 0 Å². The van der Waals surface area contributed by atoms with E-state index in [4.69, 9.17) is 5.11 Å². The van der Waals surface area contributed by atoms with Gasteiger partial charge in [0, 0.05) is 12.2 Å². The van der Waals surface area contributed by atoms with Crippen molar-refractivity contribution >= 4 is 12.1 Å². The first-order chi connectivity index (χ1) is 10.6. The Kier molecular flexibility index (Phi) is 5.13. The molecule has 0 aliphatic rings. The first-order valence-electron chi connectivity index (χ1n) is 6.81. The van der Waals surface area contributed by atoms with Gasteiger partial charge in [0.05, 0.1) is 12.8 Å². The smallest absolute Gasteiger partial charge is 0.406 e. The molecule has 0 unspecified atom stereocenters. The van der Waals surface area contributed by atoms with E-state index in [1.54, 1.807) is 10.7 Å². The Labute approximate surface area is 127 Å². The lowest BCUT2D eigenvalue weighted by molar-refractivity contribution is 0.0690. The number of nitrogens with zero attached hydrogens (tertiary/aromatic N) is 2. The summed E-state index contributed by atoms with van der Waals surface area (Å²) in [5.74, 6) is -1.07. The number of amides is 1. The highest BCUT2D eigenvalue weighted by atomic mass is 16.5. The molecule has 0 spiro atoms. The lowest BCUT2D eigenvalue weighted by atomic mass is 10.2. The predicted octanol–water partition coefficient (Wildman–Crippen LogP) is 1.86. The molecule has 116 valence electrons. The molecule has 2 rings (SSSR count). The van der Waals surface area contributed by atoms with Crippen LogP contribution in [-0.2, 0) is 11.2 Å². The number of hydrogen-bond donors (Lipinski definition) is 2. The molecule has 2 N–H and O–H groups in total. The number of carboxylic acid groups (broad SMARTS) is 1. The lowest BCUT2D eigenvalue weighted by Gasteiger charge is -2.07. The first kappa shape index (κ1) is 15.6. The Morgan fingerprint density at radius 2 is 2.05 bits per heavy atom. The van der Waals surface area contributed by atoms with Crippen molar-refractivity contribution in [3.8, 4) is 5.69 Å². The summed E-state index contributed by atoms with van der Waals surface area (Å²) < 4.78 is 6.10. The lowest BCUT2D eigenvalue weighted by Crippen LogP contribution is -2.24. The minimum absolute atomic E-state index is 0.000204. The van der Waals surface area contributed by atoms with E-state index in [1.807, 2.05) is 30.3 Å². The van der Waals surface area contributed by atoms with Gasteiger partial charge in [-0.3, -0.25) is 0 Å². The summed E-state index contributed by atoms with van der Waals surface area (Å²) in [4.78, 5) is 22.1. The molecule has 1 amide bonds. The van der Waals surface area contributed by atoms with Crippen molar-refractivity contribution < 1.29 is 19.4 Å². The molecule has 1 aromatic heterocycles. The number of carboxylic acids is 1. The summed E-state index contributed by atoms with van der Waals surface area (Å²) in [6.45, 7) is 0.440. The molecule has 0 atom stereocenters. The van der Waals surface area contributed by atoms with Crippen LogP contribution >= 0.6 is 0 Å². The van der Waals surface area contributed by atoms with Crippen molar-refractivity contribution in [2.45, 2.75) is 12.8 Å². The van der Waals surface area contributed by atoms with Crippen LogP contribution in [0.4, 0.5) is 4.79 Å². The first-order valence-corrected chi connectivity index (χ1v) is 6.81. The summed E-state index contributed by atoms with van der Waals surface area (Å²) >= 11 is 0. The molecule has 0 radical (unpaired) electrons. The molecule has 0 saturated heterocycles. The number of para-hydroxylation sites is 1. The second-order valence-electron chi connectivity index (χ2n) is 4.60. The zero-order valence-corrected chi connectivity index (χ0v) is 12.2. The molecule has 1 aromatic carbocycles. The number of carbonyl (C=O) groups excluding carboxylic acids is 1. The second kappa shape index (κ2) is 7.26. The van der Waals surface area contributed by atoms with Crippen molar-refractivity contribution in [1.29, 1.82) is 0 Å². The Hall–Kier alpha value is -2.83. The maximum absolute atomic E-state index is 11.1. The van der Waals surface area contributed by atoms with E-state index in [2.05, 4.69) is 15.2 Å². The Morgan fingerprint density at radius 1 is 1.32 bits per heavy atom. The molecular formula is C15H17N3O4. The van der Waals surface area contributed by atoms with Crippen molar-refractivity contribution in [1.82, 2.24) is 15.1 Å². The number of aryl methyl sites for hydroxylation is 1. The second-order valence-corrected chi connectivity index (χ2v) is 4.60. The number of methoxy groups -OCH3 is 1. The number of aromatic nitrogens is 2. The van der Waals surface area contributed by atoms with E-state index >= 15 is 0 Å². The van der Waals surface area contributed by atoms with Crippen LogP contribution in [0.3, 0.4) is 0 Å². The van der Waals surface area contributed by atoms with Crippen LogP contribution < -0.4 is 5.32 Å². The van der Waals surface area contributed by atoms with Gasteiger partial charge in [0.25, 0.3) is 0 Å². The van der Waals surface area contributed by atoms with Crippen LogP contribution in [0, 0.1) is 0 Å². The molecule has 0 fully saturated rings. The zero-order valence-electron chi connectivity index (χ0n) is 12.2. The number of benzene rings is 1. The van der Waals surface area contributed by atoms with E-state index in [0.717, 1.165) is 11.4 Å². The standard InChI is InChI=1S/C15H17N3O4/c1-22-15(21)16-9-5-8-12-10-13(14(19)20)17-18(12)11-6-3-2-4-7-11/h2-4,6-7,10H,5,8-9H2,1H3,(H,16,21)(H,19,20). The maximum Gasteiger partial charge on any atom is 0.406 e. The summed E-state index contributed by atoms with van der Waals surface area (Å²) in [6.07, 6.45) is 0.745. The van der Waals surface area contributed by atoms with Gasteiger partial charge in [-0.1, -0.05) is 18.2 Å². The number of alkyl carbamates (subject to hydrolysis) is 1. The average Bonchev–Trinajstić information content (AvgIpc) is 2.96. The number of ether oxygens (including phenoxy) is 1. The van der Waals surface area contributed by atoms with Gasteiger partial charge >= 0.3 is 12.1 Å². The van der Waals surface area contributed by atoms with Gasteiger partial charge in [-0.2, -0.15) is 5.10 Å². The van der Waals surface area contributed by atoms with Crippen LogP contribution in [0.5, 0.6) is 0 Å². The third-order valence-electron chi connectivity index (χ3n) is 3.07. The van der Waals surface area contributed by atoms with Crippen LogP contribution in [0.1, 0.15) is 22.6 Å². The van der Waals surface area contributed by atoms with Crippen LogP contribution in [0.15, 0.2) is 36.4 Å². The molecule has 0 aliphatic heterocycles. The van der Waals surface area contributed by atoms with Gasteiger partial charge in [0.2, 0.25) is 0 Å². The average molecular weight is 303 g/mol. The number of rotatable bonds is 6. The molecule has 0 aliphatic carbocycles. The van der Waals surface area contributed by atoms with Gasteiger partial charge < -0.3 is 15.2 Å². The third-order valence-corrected chi connectivity index (χ3v) is 3.07. The van der Waals surface area contributed by atoms with Crippen molar-refractivity contribution in [3.05, 3.63) is 47.8 Å². The SMILES string of the molecule is COC(=O)NCCCc1cc(C(=O)O)nn1-c1ccccc1. The molecule has 0 bridgehead atoms. The Bertz CT molecular complexity index is 652. The highest BCUT2D eigenvalue weighted by Gasteiger charge is 2.14. The van der Waals surface area contributed by atoms with E-state index < -0.39 is 12.1 Å². The van der Waals surface area contributed by atoms with Crippen molar-refractivity contribution in [2.75, 3.05) is 13.7 Å². The van der Waals surface area contributed by atoms with Gasteiger partial charge in [0.15, 0.2) is 5.69 Å². The van der Waals surface area contributed by atoms with E-state index in [9.17, 15) is 9.59 Å². The van der Waals surface area contributed by atoms with Crippen LogP contribution in [-0.4, -0.2) is 40.6 Å². The van der Waals surface area contributed by atoms with Gasteiger partial charge in [-0.25, -0.2) is 14.3 Å². The summed E-state index contributed by atoms with van der Waals surface area (Å²) in [5.41, 5.74) is 1.57. The topological polar surface area (TPSA) is 93.4 Å². The highest BCUT2D eigenvalue weighted by Crippen LogP contribution is 2.14.